The van der Waals surface area contributed by atoms with Gasteiger partial charge in [0.2, 0.25) is 4.32 Å². The van der Waals surface area contributed by atoms with Crippen molar-refractivity contribution in [2.75, 3.05) is 13.2 Å². The van der Waals surface area contributed by atoms with Gasteiger partial charge in [0.15, 0.2) is 0 Å². The molecule has 8 heteroatoms. The van der Waals surface area contributed by atoms with Crippen LogP contribution in [0.1, 0.15) is 25.0 Å². The van der Waals surface area contributed by atoms with Crippen LogP contribution in [0.2, 0.25) is 0 Å². The van der Waals surface area contributed by atoms with Crippen LogP contribution in [0, 0.1) is 0 Å². The van der Waals surface area contributed by atoms with E-state index >= 15 is 0 Å². The molecule has 1 aromatic rings. The summed E-state index contributed by atoms with van der Waals surface area (Å²) in [5.74, 6) is -1.70. The average Bonchev–Trinajstić information content (AvgIpc) is 2.47. The van der Waals surface area contributed by atoms with Crippen molar-refractivity contribution in [3.8, 4) is 0 Å². The summed E-state index contributed by atoms with van der Waals surface area (Å²) in [6.07, 6.45) is -4.64. The van der Waals surface area contributed by atoms with E-state index in [0.717, 1.165) is 12.1 Å². The lowest BCUT2D eigenvalue weighted by Crippen LogP contribution is -2.45. The van der Waals surface area contributed by atoms with Crippen molar-refractivity contribution >= 4 is 27.9 Å². The van der Waals surface area contributed by atoms with Gasteiger partial charge in [0.1, 0.15) is 0 Å². The lowest BCUT2D eigenvalue weighted by atomic mass is 9.98. The molecule has 0 N–H and O–H groups in total. The predicted molar refractivity (Wildman–Crippen MR) is 80.1 cm³/mol. The topological polar surface area (TPSA) is 52.6 Å². The fourth-order valence-corrected chi connectivity index (χ4v) is 2.36. The smallest absolute Gasteiger partial charge is 0.416 e. The molecule has 4 nitrogen and oxygen atoms in total. The Morgan fingerprint density at radius 1 is 1.00 bits per heavy atom. The fraction of sp³-hybridized carbons (Fsp3) is 0.467. The molecule has 128 valence electrons. The maximum atomic E-state index is 12.6. The molecule has 0 saturated carbocycles. The van der Waals surface area contributed by atoms with E-state index in [9.17, 15) is 22.8 Å². The van der Waals surface area contributed by atoms with Crippen LogP contribution in [-0.2, 0) is 31.7 Å². The highest BCUT2D eigenvalue weighted by atomic mass is 79.9. The largest absolute Gasteiger partial charge is 0.464 e. The Hall–Kier alpha value is -1.57. The molecule has 23 heavy (non-hydrogen) atoms. The Kier molecular flexibility index (Phi) is 6.61. The Balaban J connectivity index is 3.06. The molecule has 0 aliphatic carbocycles. The second kappa shape index (κ2) is 7.81. The Morgan fingerprint density at radius 3 is 1.78 bits per heavy atom. The molecule has 0 atom stereocenters. The monoisotopic (exact) mass is 396 g/mol. The number of alkyl halides is 4. The quantitative estimate of drug-likeness (QED) is 0.419. The van der Waals surface area contributed by atoms with Crippen molar-refractivity contribution in [1.82, 2.24) is 0 Å². The third kappa shape index (κ3) is 4.95. The van der Waals surface area contributed by atoms with E-state index in [1.807, 2.05) is 0 Å². The van der Waals surface area contributed by atoms with Gasteiger partial charge in [0, 0.05) is 6.42 Å². The highest BCUT2D eigenvalue weighted by molar-refractivity contribution is 9.10. The highest BCUT2D eigenvalue weighted by Gasteiger charge is 2.46. The molecule has 1 aromatic carbocycles. The summed E-state index contributed by atoms with van der Waals surface area (Å²) >= 11 is 3.04. The van der Waals surface area contributed by atoms with Gasteiger partial charge in [-0.1, -0.05) is 28.1 Å². The van der Waals surface area contributed by atoms with Crippen molar-refractivity contribution in [2.24, 2.45) is 0 Å². The summed E-state index contributed by atoms with van der Waals surface area (Å²) in [4.78, 5) is 24.1. The average molecular weight is 397 g/mol. The summed E-state index contributed by atoms with van der Waals surface area (Å²) in [7, 11) is 0. The normalized spacial score (nSPS) is 11.9. The molecule has 0 saturated heterocycles. The molecule has 0 unspecified atom stereocenters. The van der Waals surface area contributed by atoms with Gasteiger partial charge in [-0.25, -0.2) is 9.59 Å². The Labute approximate surface area is 140 Å². The van der Waals surface area contributed by atoms with Crippen LogP contribution in [0.5, 0.6) is 0 Å². The SMILES string of the molecule is CCOC(=O)C(Br)(Cc1ccc(C(F)(F)F)cc1)C(=O)OCC. The van der Waals surface area contributed by atoms with E-state index < -0.39 is 28.0 Å². The van der Waals surface area contributed by atoms with Crippen LogP contribution >= 0.6 is 15.9 Å². The summed E-state index contributed by atoms with van der Waals surface area (Å²) in [6.45, 7) is 3.26. The van der Waals surface area contributed by atoms with Crippen molar-refractivity contribution in [3.05, 3.63) is 35.4 Å². The van der Waals surface area contributed by atoms with Gasteiger partial charge in [0.25, 0.3) is 0 Å². The third-order valence-electron chi connectivity index (χ3n) is 2.93. The van der Waals surface area contributed by atoms with Crippen LogP contribution < -0.4 is 0 Å². The van der Waals surface area contributed by atoms with Gasteiger partial charge in [-0.15, -0.1) is 0 Å². The van der Waals surface area contributed by atoms with Crippen molar-refractivity contribution in [3.63, 3.8) is 0 Å². The number of carbonyl (C=O) groups excluding carboxylic acids is 2. The molecule has 0 aromatic heterocycles. The first-order chi connectivity index (χ1) is 10.6. The summed E-state index contributed by atoms with van der Waals surface area (Å²) in [5, 5.41) is 0. The van der Waals surface area contributed by atoms with E-state index in [1.165, 1.54) is 12.1 Å². The molecule has 0 aliphatic rings. The highest BCUT2D eigenvalue weighted by Crippen LogP contribution is 2.31. The minimum absolute atomic E-state index is 0.0542. The number of esters is 2. The van der Waals surface area contributed by atoms with Crippen LogP contribution in [0.3, 0.4) is 0 Å². The maximum Gasteiger partial charge on any atom is 0.416 e. The van der Waals surface area contributed by atoms with E-state index in [2.05, 4.69) is 15.9 Å². The number of hydrogen-bond donors (Lipinski definition) is 0. The molecule has 0 heterocycles. The van der Waals surface area contributed by atoms with E-state index in [1.54, 1.807) is 13.8 Å². The Morgan fingerprint density at radius 2 is 1.43 bits per heavy atom. The second-order valence-corrected chi connectivity index (χ2v) is 5.97. The zero-order valence-electron chi connectivity index (χ0n) is 12.6. The Bertz CT molecular complexity index is 537. The zero-order valence-corrected chi connectivity index (χ0v) is 14.2. The van der Waals surface area contributed by atoms with Crippen LogP contribution in [-0.4, -0.2) is 29.5 Å². The van der Waals surface area contributed by atoms with Crippen molar-refractivity contribution < 1.29 is 32.2 Å². The lowest BCUT2D eigenvalue weighted by Gasteiger charge is -2.23. The van der Waals surface area contributed by atoms with E-state index in [-0.39, 0.29) is 19.6 Å². The number of hydrogen-bond acceptors (Lipinski definition) is 4. The molecular weight excluding hydrogens is 381 g/mol. The minimum atomic E-state index is -4.45. The number of carbonyl (C=O) groups is 2. The van der Waals surface area contributed by atoms with E-state index in [0.29, 0.717) is 5.56 Å². The third-order valence-corrected chi connectivity index (χ3v) is 3.85. The molecule has 0 fully saturated rings. The molecule has 0 spiro atoms. The molecule has 0 amide bonds. The van der Waals surface area contributed by atoms with Crippen molar-refractivity contribution in [1.29, 1.82) is 0 Å². The summed E-state index contributed by atoms with van der Waals surface area (Å²) < 4.78 is 45.6. The van der Waals surface area contributed by atoms with Gasteiger partial charge in [-0.2, -0.15) is 13.2 Å². The van der Waals surface area contributed by atoms with E-state index in [4.69, 9.17) is 9.47 Å². The number of rotatable bonds is 6. The molecule has 0 aliphatic heterocycles. The van der Waals surface area contributed by atoms with Gasteiger partial charge < -0.3 is 9.47 Å². The summed E-state index contributed by atoms with van der Waals surface area (Å²) in [6, 6.07) is 4.19. The zero-order chi connectivity index (χ0) is 17.7. The minimum Gasteiger partial charge on any atom is -0.464 e. The molecule has 0 radical (unpaired) electrons. The van der Waals surface area contributed by atoms with Crippen molar-refractivity contribution in [2.45, 2.75) is 30.8 Å². The maximum absolute atomic E-state index is 12.6. The molecule has 0 bridgehead atoms. The standard InChI is InChI=1S/C15H16BrF3O4/c1-3-22-12(20)14(16,13(21)23-4-2)9-10-5-7-11(8-6-10)15(17,18)19/h5-8H,3-4,9H2,1-2H3. The predicted octanol–water partition coefficient (Wildman–Crippen LogP) is 3.51. The number of ether oxygens (including phenoxy) is 2. The van der Waals surface area contributed by atoms with Crippen LogP contribution in [0.4, 0.5) is 13.2 Å². The first kappa shape index (κ1) is 19.5. The number of halogens is 4. The van der Waals surface area contributed by atoms with Crippen LogP contribution in [0.15, 0.2) is 24.3 Å². The van der Waals surface area contributed by atoms with Crippen LogP contribution in [0.25, 0.3) is 0 Å². The summed E-state index contributed by atoms with van der Waals surface area (Å²) in [5.41, 5.74) is -0.454. The number of benzene rings is 1. The van der Waals surface area contributed by atoms with Gasteiger partial charge in [0.05, 0.1) is 18.8 Å². The fourth-order valence-electron chi connectivity index (χ4n) is 1.81. The molecule has 1 rings (SSSR count). The first-order valence-electron chi connectivity index (χ1n) is 6.84. The van der Waals surface area contributed by atoms with Gasteiger partial charge in [-0.3, -0.25) is 0 Å². The van der Waals surface area contributed by atoms with Gasteiger partial charge >= 0.3 is 18.1 Å². The first-order valence-corrected chi connectivity index (χ1v) is 7.64. The second-order valence-electron chi connectivity index (χ2n) is 4.61. The molecular formula is C15H16BrF3O4. The lowest BCUT2D eigenvalue weighted by molar-refractivity contribution is -0.158. The van der Waals surface area contributed by atoms with Gasteiger partial charge in [-0.05, 0) is 31.5 Å².